The van der Waals surface area contributed by atoms with E-state index in [4.69, 9.17) is 11.6 Å². The second-order valence-electron chi connectivity index (χ2n) is 5.64. The molecule has 2 aliphatic rings. The minimum Gasteiger partial charge on any atom is -0.313 e. The Kier molecular flexibility index (Phi) is 3.09. The van der Waals surface area contributed by atoms with Gasteiger partial charge in [0.2, 0.25) is 0 Å². The van der Waals surface area contributed by atoms with Crippen LogP contribution in [0.3, 0.4) is 0 Å². The van der Waals surface area contributed by atoms with E-state index in [1.807, 2.05) is 0 Å². The zero-order valence-electron chi connectivity index (χ0n) is 9.35. The van der Waals surface area contributed by atoms with Crippen molar-refractivity contribution in [2.24, 2.45) is 11.3 Å². The average molecular weight is 216 g/mol. The molecule has 0 spiro atoms. The molecular formula is C12H22ClN. The van der Waals surface area contributed by atoms with E-state index in [1.54, 1.807) is 0 Å². The molecule has 2 aliphatic carbocycles. The van der Waals surface area contributed by atoms with Crippen LogP contribution in [0.25, 0.3) is 0 Å². The highest BCUT2D eigenvalue weighted by atomic mass is 35.5. The van der Waals surface area contributed by atoms with Crippen LogP contribution < -0.4 is 5.32 Å². The van der Waals surface area contributed by atoms with Gasteiger partial charge in [0.1, 0.15) is 0 Å². The number of hydrogen-bond acceptors (Lipinski definition) is 1. The van der Waals surface area contributed by atoms with E-state index in [0.717, 1.165) is 12.3 Å². The van der Waals surface area contributed by atoms with Crippen LogP contribution in [0.4, 0.5) is 0 Å². The first-order chi connectivity index (χ1) is 6.60. The lowest BCUT2D eigenvalue weighted by molar-refractivity contribution is 0.113. The van der Waals surface area contributed by atoms with Gasteiger partial charge in [-0.2, -0.15) is 0 Å². The van der Waals surface area contributed by atoms with Gasteiger partial charge in [0, 0.05) is 11.4 Å². The molecule has 0 aromatic heterocycles. The molecule has 82 valence electrons. The fraction of sp³-hybridized carbons (Fsp3) is 1.00. The number of halogens is 1. The SMILES string of the molecule is CC1(C)C(Cl)CC1NCC1CCCC1. The normalized spacial score (nSPS) is 37.1. The third-order valence-electron chi connectivity index (χ3n) is 4.28. The summed E-state index contributed by atoms with van der Waals surface area (Å²) in [6.45, 7) is 5.78. The first-order valence-corrected chi connectivity index (χ1v) is 6.42. The fourth-order valence-corrected chi connectivity index (χ4v) is 3.07. The van der Waals surface area contributed by atoms with Gasteiger partial charge in [-0.05, 0) is 37.1 Å². The smallest absolute Gasteiger partial charge is 0.0416 e. The lowest BCUT2D eigenvalue weighted by Gasteiger charge is -2.49. The maximum Gasteiger partial charge on any atom is 0.0416 e. The Morgan fingerprint density at radius 1 is 1.29 bits per heavy atom. The Labute approximate surface area is 92.6 Å². The molecule has 0 radical (unpaired) electrons. The Balaban J connectivity index is 1.71. The monoisotopic (exact) mass is 215 g/mol. The highest BCUT2D eigenvalue weighted by Gasteiger charge is 2.46. The van der Waals surface area contributed by atoms with Gasteiger partial charge in [0.15, 0.2) is 0 Å². The summed E-state index contributed by atoms with van der Waals surface area (Å²) in [5, 5.41) is 4.08. The van der Waals surface area contributed by atoms with Crippen molar-refractivity contribution in [3.8, 4) is 0 Å². The second kappa shape index (κ2) is 4.02. The summed E-state index contributed by atoms with van der Waals surface area (Å²) in [5.74, 6) is 0.945. The minimum atomic E-state index is 0.306. The van der Waals surface area contributed by atoms with E-state index < -0.39 is 0 Å². The van der Waals surface area contributed by atoms with Crippen molar-refractivity contribution in [3.63, 3.8) is 0 Å². The van der Waals surface area contributed by atoms with E-state index in [2.05, 4.69) is 19.2 Å². The maximum atomic E-state index is 6.19. The summed E-state index contributed by atoms with van der Waals surface area (Å²) < 4.78 is 0. The molecule has 0 bridgehead atoms. The molecular weight excluding hydrogens is 194 g/mol. The van der Waals surface area contributed by atoms with Crippen LogP contribution >= 0.6 is 11.6 Å². The van der Waals surface area contributed by atoms with Crippen LogP contribution in [0.2, 0.25) is 0 Å². The third-order valence-corrected chi connectivity index (χ3v) is 5.02. The molecule has 14 heavy (non-hydrogen) atoms. The summed E-state index contributed by atoms with van der Waals surface area (Å²) >= 11 is 6.19. The summed E-state index contributed by atoms with van der Waals surface area (Å²) in [5.41, 5.74) is 0.306. The largest absolute Gasteiger partial charge is 0.313 e. The Hall–Kier alpha value is 0.250. The first-order valence-electron chi connectivity index (χ1n) is 5.98. The van der Waals surface area contributed by atoms with Crippen molar-refractivity contribution in [2.45, 2.75) is 57.4 Å². The van der Waals surface area contributed by atoms with Crippen molar-refractivity contribution in [1.29, 1.82) is 0 Å². The van der Waals surface area contributed by atoms with Gasteiger partial charge in [-0.25, -0.2) is 0 Å². The molecule has 0 saturated heterocycles. The van der Waals surface area contributed by atoms with Crippen LogP contribution in [0.5, 0.6) is 0 Å². The molecule has 1 N–H and O–H groups in total. The predicted octanol–water partition coefficient (Wildman–Crippen LogP) is 3.17. The molecule has 2 saturated carbocycles. The fourth-order valence-electron chi connectivity index (χ4n) is 2.74. The van der Waals surface area contributed by atoms with Crippen LogP contribution in [0.15, 0.2) is 0 Å². The topological polar surface area (TPSA) is 12.0 Å². The lowest BCUT2D eigenvalue weighted by atomic mass is 9.66. The van der Waals surface area contributed by atoms with Crippen molar-refractivity contribution in [2.75, 3.05) is 6.54 Å². The van der Waals surface area contributed by atoms with Gasteiger partial charge in [-0.3, -0.25) is 0 Å². The molecule has 0 aliphatic heterocycles. The molecule has 2 rings (SSSR count). The molecule has 2 fully saturated rings. The molecule has 2 atom stereocenters. The first kappa shape index (κ1) is 10.8. The molecule has 2 heteroatoms. The van der Waals surface area contributed by atoms with E-state index in [0.29, 0.717) is 16.8 Å². The van der Waals surface area contributed by atoms with Gasteiger partial charge in [0.05, 0.1) is 0 Å². The summed E-state index contributed by atoms with van der Waals surface area (Å²) in [7, 11) is 0. The molecule has 2 unspecified atom stereocenters. The van der Waals surface area contributed by atoms with Gasteiger partial charge in [0.25, 0.3) is 0 Å². The van der Waals surface area contributed by atoms with Crippen LogP contribution in [-0.2, 0) is 0 Å². The minimum absolute atomic E-state index is 0.306. The second-order valence-corrected chi connectivity index (χ2v) is 6.16. The maximum absolute atomic E-state index is 6.19. The lowest BCUT2D eigenvalue weighted by Crippen LogP contribution is -2.58. The standard InChI is InChI=1S/C12H22ClN/c1-12(2)10(13)7-11(12)14-8-9-5-3-4-6-9/h9-11,14H,3-8H2,1-2H3. The predicted molar refractivity (Wildman–Crippen MR) is 61.8 cm³/mol. The number of rotatable bonds is 3. The molecule has 0 amide bonds. The zero-order chi connectivity index (χ0) is 10.2. The molecule has 0 aromatic rings. The Morgan fingerprint density at radius 3 is 2.43 bits per heavy atom. The third kappa shape index (κ3) is 1.94. The van der Waals surface area contributed by atoms with Crippen molar-refractivity contribution >= 4 is 11.6 Å². The highest BCUT2D eigenvalue weighted by molar-refractivity contribution is 6.21. The number of alkyl halides is 1. The molecule has 1 nitrogen and oxygen atoms in total. The van der Waals surface area contributed by atoms with Crippen molar-refractivity contribution < 1.29 is 0 Å². The van der Waals surface area contributed by atoms with Crippen LogP contribution in [-0.4, -0.2) is 18.0 Å². The van der Waals surface area contributed by atoms with Gasteiger partial charge in [-0.15, -0.1) is 11.6 Å². The number of nitrogens with one attached hydrogen (secondary N) is 1. The Morgan fingerprint density at radius 2 is 1.93 bits per heavy atom. The molecule has 0 aromatic carbocycles. The van der Waals surface area contributed by atoms with E-state index in [1.165, 1.54) is 32.2 Å². The van der Waals surface area contributed by atoms with Crippen LogP contribution in [0.1, 0.15) is 46.0 Å². The summed E-state index contributed by atoms with van der Waals surface area (Å²) in [6, 6.07) is 0.658. The summed E-state index contributed by atoms with van der Waals surface area (Å²) in [4.78, 5) is 0. The van der Waals surface area contributed by atoms with E-state index in [-0.39, 0.29) is 0 Å². The zero-order valence-corrected chi connectivity index (χ0v) is 10.1. The van der Waals surface area contributed by atoms with E-state index in [9.17, 15) is 0 Å². The van der Waals surface area contributed by atoms with Gasteiger partial charge >= 0.3 is 0 Å². The van der Waals surface area contributed by atoms with E-state index >= 15 is 0 Å². The highest BCUT2D eigenvalue weighted by Crippen LogP contribution is 2.44. The average Bonchev–Trinajstić information content (AvgIpc) is 2.64. The Bertz CT molecular complexity index is 196. The van der Waals surface area contributed by atoms with Crippen molar-refractivity contribution in [1.82, 2.24) is 5.32 Å². The summed E-state index contributed by atoms with van der Waals surface area (Å²) in [6.07, 6.45) is 6.91. The van der Waals surface area contributed by atoms with Gasteiger partial charge < -0.3 is 5.32 Å². The van der Waals surface area contributed by atoms with Gasteiger partial charge in [-0.1, -0.05) is 26.7 Å². The quantitative estimate of drug-likeness (QED) is 0.714. The molecule has 0 heterocycles. The number of hydrogen-bond donors (Lipinski definition) is 1. The van der Waals surface area contributed by atoms with Crippen LogP contribution in [0, 0.1) is 11.3 Å². The van der Waals surface area contributed by atoms with Crippen molar-refractivity contribution in [3.05, 3.63) is 0 Å².